The molecule has 1 aromatic carbocycles. The van der Waals surface area contributed by atoms with Crippen LogP contribution in [0.3, 0.4) is 0 Å². The number of pyridine rings is 1. The van der Waals surface area contributed by atoms with Gasteiger partial charge in [0.05, 0.1) is 18.7 Å². The van der Waals surface area contributed by atoms with Gasteiger partial charge in [-0.15, -0.1) is 0 Å². The molecule has 0 radical (unpaired) electrons. The van der Waals surface area contributed by atoms with Gasteiger partial charge in [0.25, 0.3) is 5.91 Å². The van der Waals surface area contributed by atoms with E-state index in [9.17, 15) is 4.79 Å². The number of hydrogen-bond acceptors (Lipinski definition) is 4. The first-order chi connectivity index (χ1) is 10.2. The van der Waals surface area contributed by atoms with E-state index in [0.29, 0.717) is 12.2 Å². The lowest BCUT2D eigenvalue weighted by Gasteiger charge is -2.15. The molecule has 0 aliphatic carbocycles. The number of nitrogens with one attached hydrogen (secondary N) is 1. The first-order valence-corrected chi connectivity index (χ1v) is 6.67. The lowest BCUT2D eigenvalue weighted by atomic mass is 10.2. The van der Waals surface area contributed by atoms with E-state index in [4.69, 9.17) is 9.47 Å². The smallest absolute Gasteiger partial charge is 0.253 e. The SMILES string of the molecule is COc1ccc(OC[C@H](C)NC(=O)c2cccnc2)cc1. The Hall–Kier alpha value is -2.56. The summed E-state index contributed by atoms with van der Waals surface area (Å²) in [5.74, 6) is 1.35. The first kappa shape index (κ1) is 14.8. The lowest BCUT2D eigenvalue weighted by molar-refractivity contribution is 0.0926. The molecule has 0 saturated heterocycles. The van der Waals surface area contributed by atoms with Gasteiger partial charge in [-0.3, -0.25) is 9.78 Å². The maximum atomic E-state index is 11.9. The quantitative estimate of drug-likeness (QED) is 0.885. The Morgan fingerprint density at radius 1 is 1.24 bits per heavy atom. The Morgan fingerprint density at radius 2 is 1.95 bits per heavy atom. The minimum atomic E-state index is -0.158. The van der Waals surface area contributed by atoms with E-state index >= 15 is 0 Å². The van der Waals surface area contributed by atoms with Crippen LogP contribution in [-0.2, 0) is 0 Å². The van der Waals surface area contributed by atoms with E-state index in [2.05, 4.69) is 10.3 Å². The molecule has 0 fully saturated rings. The van der Waals surface area contributed by atoms with Crippen molar-refractivity contribution >= 4 is 5.91 Å². The van der Waals surface area contributed by atoms with E-state index in [1.807, 2.05) is 31.2 Å². The van der Waals surface area contributed by atoms with Crippen LogP contribution < -0.4 is 14.8 Å². The minimum Gasteiger partial charge on any atom is -0.497 e. The second kappa shape index (κ2) is 7.28. The predicted molar refractivity (Wildman–Crippen MR) is 79.7 cm³/mol. The number of carbonyl (C=O) groups excluding carboxylic acids is 1. The zero-order valence-corrected chi connectivity index (χ0v) is 12.1. The zero-order valence-electron chi connectivity index (χ0n) is 12.1. The summed E-state index contributed by atoms with van der Waals surface area (Å²) in [7, 11) is 1.62. The number of hydrogen-bond donors (Lipinski definition) is 1. The molecule has 0 bridgehead atoms. The number of amides is 1. The van der Waals surface area contributed by atoms with Crippen LogP contribution in [-0.4, -0.2) is 30.6 Å². The molecule has 0 saturated carbocycles. The molecule has 1 amide bonds. The maximum Gasteiger partial charge on any atom is 0.253 e. The molecule has 0 spiro atoms. The van der Waals surface area contributed by atoms with Gasteiger partial charge in [0.15, 0.2) is 0 Å². The maximum absolute atomic E-state index is 11.9. The molecule has 1 aromatic heterocycles. The van der Waals surface area contributed by atoms with Crippen molar-refractivity contribution in [2.75, 3.05) is 13.7 Å². The number of nitrogens with zero attached hydrogens (tertiary/aromatic N) is 1. The molecule has 5 nitrogen and oxygen atoms in total. The first-order valence-electron chi connectivity index (χ1n) is 6.67. The summed E-state index contributed by atoms with van der Waals surface area (Å²) < 4.78 is 10.7. The summed E-state index contributed by atoms with van der Waals surface area (Å²) >= 11 is 0. The van der Waals surface area contributed by atoms with Crippen LogP contribution in [0.2, 0.25) is 0 Å². The molecule has 2 rings (SSSR count). The molecule has 21 heavy (non-hydrogen) atoms. The monoisotopic (exact) mass is 286 g/mol. The van der Waals surface area contributed by atoms with Crippen LogP contribution in [0.15, 0.2) is 48.8 Å². The lowest BCUT2D eigenvalue weighted by Crippen LogP contribution is -2.36. The highest BCUT2D eigenvalue weighted by atomic mass is 16.5. The Labute approximate surface area is 123 Å². The summed E-state index contributed by atoms with van der Waals surface area (Å²) in [5.41, 5.74) is 0.536. The second-order valence-corrected chi connectivity index (χ2v) is 4.60. The van der Waals surface area contributed by atoms with Crippen molar-refractivity contribution in [2.24, 2.45) is 0 Å². The number of carbonyl (C=O) groups is 1. The molecule has 5 heteroatoms. The van der Waals surface area contributed by atoms with Crippen LogP contribution in [0.25, 0.3) is 0 Å². The molecule has 2 aromatic rings. The van der Waals surface area contributed by atoms with E-state index in [1.165, 1.54) is 6.20 Å². The van der Waals surface area contributed by atoms with Gasteiger partial charge in [0.1, 0.15) is 18.1 Å². The Kier molecular flexibility index (Phi) is 5.15. The number of methoxy groups -OCH3 is 1. The van der Waals surface area contributed by atoms with Gasteiger partial charge in [-0.2, -0.15) is 0 Å². The summed E-state index contributed by atoms with van der Waals surface area (Å²) in [6.07, 6.45) is 3.17. The highest BCUT2D eigenvalue weighted by molar-refractivity contribution is 5.93. The Bertz CT molecular complexity index is 570. The fourth-order valence-electron chi connectivity index (χ4n) is 1.74. The van der Waals surface area contributed by atoms with Crippen molar-refractivity contribution in [3.63, 3.8) is 0 Å². The predicted octanol–water partition coefficient (Wildman–Crippen LogP) is 2.29. The van der Waals surface area contributed by atoms with E-state index in [-0.39, 0.29) is 11.9 Å². The molecular formula is C16H18N2O3. The normalized spacial score (nSPS) is 11.5. The standard InChI is InChI=1S/C16H18N2O3/c1-12(18-16(19)13-4-3-9-17-10-13)11-21-15-7-5-14(20-2)6-8-15/h3-10,12H,11H2,1-2H3,(H,18,19)/t12-/m0/s1. The summed E-state index contributed by atoms with van der Waals surface area (Å²) in [5, 5.41) is 2.86. The van der Waals surface area contributed by atoms with Crippen LogP contribution in [0.4, 0.5) is 0 Å². The van der Waals surface area contributed by atoms with Crippen molar-refractivity contribution in [2.45, 2.75) is 13.0 Å². The van der Waals surface area contributed by atoms with Crippen molar-refractivity contribution in [1.29, 1.82) is 0 Å². The summed E-state index contributed by atoms with van der Waals surface area (Å²) in [6.45, 7) is 2.27. The van der Waals surface area contributed by atoms with Crippen LogP contribution >= 0.6 is 0 Å². The number of ether oxygens (including phenoxy) is 2. The van der Waals surface area contributed by atoms with Gasteiger partial charge in [-0.1, -0.05) is 0 Å². The zero-order chi connectivity index (χ0) is 15.1. The van der Waals surface area contributed by atoms with Gasteiger partial charge in [0, 0.05) is 12.4 Å². The highest BCUT2D eigenvalue weighted by Crippen LogP contribution is 2.17. The van der Waals surface area contributed by atoms with Gasteiger partial charge < -0.3 is 14.8 Å². The van der Waals surface area contributed by atoms with Crippen molar-refractivity contribution in [1.82, 2.24) is 10.3 Å². The molecule has 1 atom stereocenters. The number of rotatable bonds is 6. The molecule has 0 unspecified atom stereocenters. The average Bonchev–Trinajstić information content (AvgIpc) is 2.54. The summed E-state index contributed by atoms with van der Waals surface area (Å²) in [6, 6.07) is 10.7. The van der Waals surface area contributed by atoms with E-state index < -0.39 is 0 Å². The second-order valence-electron chi connectivity index (χ2n) is 4.60. The Morgan fingerprint density at radius 3 is 2.57 bits per heavy atom. The van der Waals surface area contributed by atoms with Crippen LogP contribution in [0, 0.1) is 0 Å². The molecule has 0 aliphatic rings. The van der Waals surface area contributed by atoms with Gasteiger partial charge in [0.2, 0.25) is 0 Å². The topological polar surface area (TPSA) is 60.5 Å². The molecule has 0 aliphatic heterocycles. The van der Waals surface area contributed by atoms with Gasteiger partial charge in [-0.25, -0.2) is 0 Å². The fourth-order valence-corrected chi connectivity index (χ4v) is 1.74. The van der Waals surface area contributed by atoms with Gasteiger partial charge >= 0.3 is 0 Å². The van der Waals surface area contributed by atoms with Crippen molar-refractivity contribution in [3.05, 3.63) is 54.4 Å². The molecule has 110 valence electrons. The highest BCUT2D eigenvalue weighted by Gasteiger charge is 2.10. The van der Waals surface area contributed by atoms with Crippen molar-refractivity contribution in [3.8, 4) is 11.5 Å². The van der Waals surface area contributed by atoms with Gasteiger partial charge in [-0.05, 0) is 43.3 Å². The van der Waals surface area contributed by atoms with E-state index in [0.717, 1.165) is 11.5 Å². The Balaban J connectivity index is 1.81. The number of benzene rings is 1. The average molecular weight is 286 g/mol. The third-order valence-corrected chi connectivity index (χ3v) is 2.86. The van der Waals surface area contributed by atoms with Crippen LogP contribution in [0.1, 0.15) is 17.3 Å². The largest absolute Gasteiger partial charge is 0.497 e. The minimum absolute atomic E-state index is 0.111. The van der Waals surface area contributed by atoms with E-state index in [1.54, 1.807) is 25.4 Å². The number of aromatic nitrogens is 1. The fraction of sp³-hybridized carbons (Fsp3) is 0.250. The molecule has 1 heterocycles. The third-order valence-electron chi connectivity index (χ3n) is 2.86. The molecule has 1 N–H and O–H groups in total. The molecular weight excluding hydrogens is 268 g/mol. The van der Waals surface area contributed by atoms with Crippen LogP contribution in [0.5, 0.6) is 11.5 Å². The van der Waals surface area contributed by atoms with Crippen molar-refractivity contribution < 1.29 is 14.3 Å². The third kappa shape index (κ3) is 4.49. The summed E-state index contributed by atoms with van der Waals surface area (Å²) in [4.78, 5) is 15.8.